The Morgan fingerprint density at radius 2 is 1.69 bits per heavy atom. The number of aromatic nitrogens is 2. The summed E-state index contributed by atoms with van der Waals surface area (Å²) in [4.78, 5) is 23.7. The number of nitrogens with one attached hydrogen (secondary N) is 1. The van der Waals surface area contributed by atoms with Crippen LogP contribution >= 0.6 is 0 Å². The maximum atomic E-state index is 13.7. The lowest BCUT2D eigenvalue weighted by atomic mass is 10.1. The Balaban J connectivity index is 1.38. The van der Waals surface area contributed by atoms with Crippen LogP contribution in [0, 0.1) is 6.92 Å². The fourth-order valence-corrected chi connectivity index (χ4v) is 4.89. The number of hydrogen-bond acceptors (Lipinski definition) is 2. The number of amides is 1. The molecular weight excluding hydrogens is 432 g/mol. The molecule has 1 amide bonds. The van der Waals surface area contributed by atoms with Crippen molar-refractivity contribution in [3.63, 3.8) is 0 Å². The molecule has 0 aliphatic carbocycles. The number of aliphatic imine (C=N–C) groups is 1. The van der Waals surface area contributed by atoms with Crippen molar-refractivity contribution in [3.05, 3.63) is 113 Å². The number of rotatable bonds is 5. The summed E-state index contributed by atoms with van der Waals surface area (Å²) >= 11 is 0. The van der Waals surface area contributed by atoms with E-state index in [1.54, 1.807) is 0 Å². The van der Waals surface area contributed by atoms with Crippen molar-refractivity contribution in [1.82, 2.24) is 14.5 Å². The molecule has 3 heterocycles. The van der Waals surface area contributed by atoms with Gasteiger partial charge in [0.05, 0.1) is 0 Å². The van der Waals surface area contributed by atoms with Crippen molar-refractivity contribution in [1.29, 1.82) is 0 Å². The molecule has 0 saturated heterocycles. The number of hydrogen-bond donors (Lipinski definition) is 1. The molecule has 5 aromatic rings. The Kier molecular flexibility index (Phi) is 5.10. The molecule has 6 rings (SSSR count). The molecule has 0 bridgehead atoms. The number of carbonyl (C=O) groups excluding carboxylic acids is 1. The number of carbonyl (C=O) groups is 1. The molecule has 172 valence electrons. The van der Waals surface area contributed by atoms with Crippen LogP contribution in [0.5, 0.6) is 0 Å². The number of para-hydroxylation sites is 2. The van der Waals surface area contributed by atoms with Gasteiger partial charge in [-0.2, -0.15) is 0 Å². The van der Waals surface area contributed by atoms with E-state index >= 15 is 0 Å². The second kappa shape index (κ2) is 8.44. The number of amidine groups is 1. The predicted molar refractivity (Wildman–Crippen MR) is 142 cm³/mol. The van der Waals surface area contributed by atoms with Crippen LogP contribution in [0.2, 0.25) is 0 Å². The van der Waals surface area contributed by atoms with Crippen LogP contribution in [0.15, 0.2) is 95.9 Å². The highest BCUT2D eigenvalue weighted by molar-refractivity contribution is 6.20. The van der Waals surface area contributed by atoms with E-state index in [0.717, 1.165) is 34.0 Å². The lowest BCUT2D eigenvalue weighted by Crippen LogP contribution is -2.34. The smallest absolute Gasteiger partial charge is 0.278 e. The predicted octanol–water partition coefficient (Wildman–Crippen LogP) is 5.84. The first-order chi connectivity index (χ1) is 17.1. The van der Waals surface area contributed by atoms with Gasteiger partial charge < -0.3 is 9.55 Å². The topological polar surface area (TPSA) is 53.4 Å². The van der Waals surface area contributed by atoms with Gasteiger partial charge in [0.2, 0.25) is 0 Å². The highest BCUT2D eigenvalue weighted by Crippen LogP contribution is 2.27. The Hall–Kier alpha value is -4.38. The van der Waals surface area contributed by atoms with Crippen molar-refractivity contribution >= 4 is 39.6 Å². The first kappa shape index (κ1) is 21.2. The van der Waals surface area contributed by atoms with Crippen molar-refractivity contribution in [2.45, 2.75) is 13.3 Å². The van der Waals surface area contributed by atoms with Gasteiger partial charge in [0.1, 0.15) is 11.5 Å². The largest absolute Gasteiger partial charge is 0.361 e. The van der Waals surface area contributed by atoms with Crippen LogP contribution in [0.25, 0.3) is 27.9 Å². The third kappa shape index (κ3) is 3.75. The third-order valence-corrected chi connectivity index (χ3v) is 6.76. The summed E-state index contributed by atoms with van der Waals surface area (Å²) in [5, 5.41) is 2.30. The third-order valence-electron chi connectivity index (χ3n) is 6.76. The van der Waals surface area contributed by atoms with Gasteiger partial charge in [-0.1, -0.05) is 66.2 Å². The summed E-state index contributed by atoms with van der Waals surface area (Å²) in [6, 6.07) is 24.7. The van der Waals surface area contributed by atoms with Gasteiger partial charge in [-0.05, 0) is 37.1 Å². The summed E-state index contributed by atoms with van der Waals surface area (Å²) in [6.07, 6.45) is 6.76. The van der Waals surface area contributed by atoms with Gasteiger partial charge in [0.15, 0.2) is 0 Å². The van der Waals surface area contributed by atoms with Crippen molar-refractivity contribution in [2.75, 3.05) is 6.54 Å². The van der Waals surface area contributed by atoms with Crippen LogP contribution < -0.4 is 0 Å². The van der Waals surface area contributed by atoms with Crippen LogP contribution in [-0.2, 0) is 18.3 Å². The minimum Gasteiger partial charge on any atom is -0.361 e. The Labute approximate surface area is 204 Å². The van der Waals surface area contributed by atoms with E-state index in [1.807, 2.05) is 60.6 Å². The number of aromatic amines is 1. The van der Waals surface area contributed by atoms with E-state index < -0.39 is 0 Å². The number of nitrogens with zero attached hydrogens (tertiary/aromatic N) is 3. The highest BCUT2D eigenvalue weighted by atomic mass is 16.2. The van der Waals surface area contributed by atoms with Crippen molar-refractivity contribution in [2.24, 2.45) is 12.0 Å². The van der Waals surface area contributed by atoms with Crippen LogP contribution in [0.3, 0.4) is 0 Å². The Bertz CT molecular complexity index is 1630. The summed E-state index contributed by atoms with van der Waals surface area (Å²) in [6.45, 7) is 2.62. The van der Waals surface area contributed by atoms with E-state index in [9.17, 15) is 4.79 Å². The standard InChI is InChI=1S/C30H26N4O/c1-20-11-13-21(14-12-20)29-32-27(17-23-19-33(2)28-10-6-4-8-25(23)28)30(35)34(29)16-15-22-18-31-26-9-5-3-7-24(22)26/h3-14,17-19,31H,15-16H2,1-2H3/b27-17-. The molecule has 5 heteroatoms. The molecule has 0 radical (unpaired) electrons. The molecule has 5 nitrogen and oxygen atoms in total. The second-order valence-electron chi connectivity index (χ2n) is 9.11. The van der Waals surface area contributed by atoms with E-state index in [0.29, 0.717) is 18.1 Å². The zero-order valence-corrected chi connectivity index (χ0v) is 19.8. The average molecular weight is 459 g/mol. The van der Waals surface area contributed by atoms with Gasteiger partial charge in [0, 0.05) is 58.9 Å². The van der Waals surface area contributed by atoms with Gasteiger partial charge >= 0.3 is 0 Å². The zero-order chi connectivity index (χ0) is 23.9. The van der Waals surface area contributed by atoms with Crippen molar-refractivity contribution in [3.8, 4) is 0 Å². The van der Waals surface area contributed by atoms with Gasteiger partial charge in [-0.25, -0.2) is 4.99 Å². The molecule has 1 aliphatic heterocycles. The lowest BCUT2D eigenvalue weighted by Gasteiger charge is -2.18. The van der Waals surface area contributed by atoms with E-state index in [2.05, 4.69) is 59.1 Å². The first-order valence-electron chi connectivity index (χ1n) is 11.9. The molecule has 0 saturated carbocycles. The van der Waals surface area contributed by atoms with Crippen LogP contribution in [0.1, 0.15) is 22.3 Å². The monoisotopic (exact) mass is 458 g/mol. The highest BCUT2D eigenvalue weighted by Gasteiger charge is 2.31. The molecule has 2 aromatic heterocycles. The maximum absolute atomic E-state index is 13.7. The normalized spacial score (nSPS) is 15.0. The second-order valence-corrected chi connectivity index (χ2v) is 9.11. The van der Waals surface area contributed by atoms with E-state index in [4.69, 9.17) is 4.99 Å². The molecule has 1 aliphatic rings. The average Bonchev–Trinajstić information content (AvgIpc) is 3.53. The first-order valence-corrected chi connectivity index (χ1v) is 11.9. The molecule has 0 fully saturated rings. The fraction of sp³-hybridized carbons (Fsp3) is 0.133. The van der Waals surface area contributed by atoms with Gasteiger partial charge in [-0.3, -0.25) is 9.69 Å². The maximum Gasteiger partial charge on any atom is 0.278 e. The number of H-pyrrole nitrogens is 1. The SMILES string of the molecule is Cc1ccc(C2=N/C(=C\c3cn(C)c4ccccc34)C(=O)N2CCc2c[nH]c3ccccc23)cc1. The Morgan fingerprint density at radius 1 is 0.943 bits per heavy atom. The zero-order valence-electron chi connectivity index (χ0n) is 19.8. The summed E-state index contributed by atoms with van der Waals surface area (Å²) in [7, 11) is 2.02. The fourth-order valence-electron chi connectivity index (χ4n) is 4.89. The number of fused-ring (bicyclic) bond motifs is 2. The molecular formula is C30H26N4O. The van der Waals surface area contributed by atoms with Gasteiger partial charge in [-0.15, -0.1) is 0 Å². The molecule has 3 aromatic carbocycles. The molecule has 0 unspecified atom stereocenters. The minimum absolute atomic E-state index is 0.0617. The molecule has 0 atom stereocenters. The molecule has 0 spiro atoms. The lowest BCUT2D eigenvalue weighted by molar-refractivity contribution is -0.122. The van der Waals surface area contributed by atoms with Crippen molar-refractivity contribution < 1.29 is 4.79 Å². The molecule has 35 heavy (non-hydrogen) atoms. The Morgan fingerprint density at radius 3 is 2.51 bits per heavy atom. The van der Waals surface area contributed by atoms with Crippen LogP contribution in [-0.4, -0.2) is 32.7 Å². The van der Waals surface area contributed by atoms with E-state index in [-0.39, 0.29) is 5.91 Å². The molecule has 1 N–H and O–H groups in total. The number of benzene rings is 3. The minimum atomic E-state index is -0.0617. The van der Waals surface area contributed by atoms with E-state index in [1.165, 1.54) is 16.5 Å². The summed E-state index contributed by atoms with van der Waals surface area (Å²) in [5.41, 5.74) is 7.03. The summed E-state index contributed by atoms with van der Waals surface area (Å²) < 4.78 is 2.08. The van der Waals surface area contributed by atoms with Gasteiger partial charge in [0.25, 0.3) is 5.91 Å². The van der Waals surface area contributed by atoms with Crippen LogP contribution in [0.4, 0.5) is 0 Å². The summed E-state index contributed by atoms with van der Waals surface area (Å²) in [5.74, 6) is 0.648. The number of aryl methyl sites for hydroxylation is 2. The quantitative estimate of drug-likeness (QED) is 0.331.